The van der Waals surface area contributed by atoms with Gasteiger partial charge in [-0.1, -0.05) is 45.5 Å². The zero-order valence-corrected chi connectivity index (χ0v) is 10.6. The van der Waals surface area contributed by atoms with Crippen LogP contribution in [0.3, 0.4) is 0 Å². The van der Waals surface area contributed by atoms with Crippen LogP contribution in [0.1, 0.15) is 58.8 Å². The summed E-state index contributed by atoms with van der Waals surface area (Å²) in [7, 11) is 0. The van der Waals surface area contributed by atoms with Crippen LogP contribution in [-0.4, -0.2) is 12.7 Å². The lowest BCUT2D eigenvalue weighted by atomic mass is 10.2. The van der Waals surface area contributed by atoms with Gasteiger partial charge in [-0.05, 0) is 12.8 Å². The van der Waals surface area contributed by atoms with Crippen LogP contribution in [0, 0.1) is 23.2 Å². The Kier molecular flexibility index (Phi) is 11.3. The Hall–Kier alpha value is -0.990. The van der Waals surface area contributed by atoms with Crippen LogP contribution in [0.5, 0.6) is 0 Å². The van der Waals surface area contributed by atoms with E-state index in [0.717, 1.165) is 25.7 Å². The number of ether oxygens (including phenoxy) is 1. The van der Waals surface area contributed by atoms with Gasteiger partial charge >= 0.3 is 0 Å². The summed E-state index contributed by atoms with van der Waals surface area (Å²) < 4.78 is 5.37. The van der Waals surface area contributed by atoms with Gasteiger partial charge in [-0.25, -0.2) is 0 Å². The Labute approximate surface area is 100.0 Å². The van der Waals surface area contributed by atoms with Gasteiger partial charge in [0, 0.05) is 6.42 Å². The van der Waals surface area contributed by atoms with Crippen LogP contribution in [0.2, 0.25) is 0 Å². The van der Waals surface area contributed by atoms with E-state index in [4.69, 9.17) is 10.00 Å². The van der Waals surface area contributed by atoms with E-state index in [0.29, 0.717) is 6.61 Å². The molecule has 0 aromatic heterocycles. The highest BCUT2D eigenvalue weighted by Crippen LogP contribution is 2.03. The van der Waals surface area contributed by atoms with Gasteiger partial charge in [0.2, 0.25) is 0 Å². The van der Waals surface area contributed by atoms with Crippen LogP contribution >= 0.6 is 0 Å². The topological polar surface area (TPSA) is 33.0 Å². The minimum Gasteiger partial charge on any atom is -0.351 e. The molecule has 0 aliphatic heterocycles. The van der Waals surface area contributed by atoms with Crippen LogP contribution in [0.15, 0.2) is 0 Å². The fourth-order valence-corrected chi connectivity index (χ4v) is 1.32. The Bertz CT molecular complexity index is 244. The summed E-state index contributed by atoms with van der Waals surface area (Å²) in [5.41, 5.74) is 0. The third kappa shape index (κ3) is 9.56. The first kappa shape index (κ1) is 15.0. The van der Waals surface area contributed by atoms with Gasteiger partial charge in [-0.15, -0.1) is 5.92 Å². The molecule has 16 heavy (non-hydrogen) atoms. The largest absolute Gasteiger partial charge is 0.351 e. The number of nitrogens with zero attached hydrogens (tertiary/aromatic N) is 1. The lowest BCUT2D eigenvalue weighted by Gasteiger charge is -2.06. The maximum Gasteiger partial charge on any atom is 0.145 e. The molecule has 0 amide bonds. The van der Waals surface area contributed by atoms with E-state index in [1.807, 2.05) is 0 Å². The quantitative estimate of drug-likeness (QED) is 0.463. The van der Waals surface area contributed by atoms with E-state index in [9.17, 15) is 0 Å². The molecule has 1 atom stereocenters. The summed E-state index contributed by atoms with van der Waals surface area (Å²) >= 11 is 0. The zero-order chi connectivity index (χ0) is 12.1. The molecular weight excluding hydrogens is 198 g/mol. The minimum atomic E-state index is -0.273. The summed E-state index contributed by atoms with van der Waals surface area (Å²) in [5, 5.41) is 8.80. The molecule has 0 aromatic carbocycles. The average Bonchev–Trinajstić information content (AvgIpc) is 2.32. The van der Waals surface area contributed by atoms with Gasteiger partial charge in [0.05, 0.1) is 6.07 Å². The van der Waals surface area contributed by atoms with Crippen LogP contribution in [-0.2, 0) is 4.74 Å². The molecule has 90 valence electrons. The van der Waals surface area contributed by atoms with Gasteiger partial charge in [0.25, 0.3) is 0 Å². The molecule has 0 bridgehead atoms. The fraction of sp³-hybridized carbons (Fsp3) is 0.786. The predicted octanol–water partition coefficient (Wildman–Crippen LogP) is 3.67. The second-order valence-corrected chi connectivity index (χ2v) is 3.88. The summed E-state index contributed by atoms with van der Waals surface area (Å²) in [6, 6.07) is 2.16. The Morgan fingerprint density at radius 3 is 2.44 bits per heavy atom. The second-order valence-electron chi connectivity index (χ2n) is 3.88. The molecule has 2 heteroatoms. The number of rotatable bonds is 8. The van der Waals surface area contributed by atoms with E-state index < -0.39 is 0 Å². The highest BCUT2D eigenvalue weighted by atomic mass is 16.5. The van der Waals surface area contributed by atoms with Crippen molar-refractivity contribution in [2.45, 2.75) is 64.9 Å². The number of nitriles is 1. The molecule has 0 aliphatic carbocycles. The molecule has 0 fully saturated rings. The number of unbranched alkanes of at least 4 members (excludes halogenated alkanes) is 4. The predicted molar refractivity (Wildman–Crippen MR) is 66.8 cm³/mol. The zero-order valence-electron chi connectivity index (χ0n) is 10.6. The van der Waals surface area contributed by atoms with E-state index in [-0.39, 0.29) is 6.10 Å². The molecular formula is C14H23NO. The van der Waals surface area contributed by atoms with Crippen LogP contribution in [0.25, 0.3) is 0 Å². The van der Waals surface area contributed by atoms with Crippen molar-refractivity contribution < 1.29 is 4.74 Å². The molecule has 2 nitrogen and oxygen atoms in total. The molecule has 0 aliphatic rings. The van der Waals surface area contributed by atoms with Crippen molar-refractivity contribution in [3.63, 3.8) is 0 Å². The SMILES string of the molecule is CCCCCC#CCOC(C#N)CCCC. The monoisotopic (exact) mass is 221 g/mol. The van der Waals surface area contributed by atoms with Crippen LogP contribution in [0.4, 0.5) is 0 Å². The summed E-state index contributed by atoms with van der Waals surface area (Å²) in [5.74, 6) is 6.03. The first-order chi connectivity index (χ1) is 7.85. The van der Waals surface area contributed by atoms with E-state index in [1.165, 1.54) is 19.3 Å². The Morgan fingerprint density at radius 1 is 1.06 bits per heavy atom. The molecule has 0 rings (SSSR count). The highest BCUT2D eigenvalue weighted by Gasteiger charge is 2.04. The lowest BCUT2D eigenvalue weighted by Crippen LogP contribution is -2.10. The van der Waals surface area contributed by atoms with Crippen LogP contribution < -0.4 is 0 Å². The van der Waals surface area contributed by atoms with Crippen molar-refractivity contribution in [3.8, 4) is 17.9 Å². The number of hydrogen-bond donors (Lipinski definition) is 0. The molecule has 1 unspecified atom stereocenters. The smallest absolute Gasteiger partial charge is 0.145 e. The number of hydrogen-bond acceptors (Lipinski definition) is 2. The third-order valence-electron chi connectivity index (χ3n) is 2.35. The molecule has 0 saturated carbocycles. The van der Waals surface area contributed by atoms with Crippen molar-refractivity contribution in [1.29, 1.82) is 5.26 Å². The van der Waals surface area contributed by atoms with Gasteiger partial charge in [0.15, 0.2) is 0 Å². The van der Waals surface area contributed by atoms with Gasteiger partial charge < -0.3 is 4.74 Å². The maximum atomic E-state index is 8.80. The van der Waals surface area contributed by atoms with Crippen molar-refractivity contribution in [2.24, 2.45) is 0 Å². The molecule has 0 N–H and O–H groups in total. The first-order valence-electron chi connectivity index (χ1n) is 6.32. The van der Waals surface area contributed by atoms with Gasteiger partial charge in [0.1, 0.15) is 12.7 Å². The third-order valence-corrected chi connectivity index (χ3v) is 2.35. The summed E-state index contributed by atoms with van der Waals surface area (Å²) in [6.45, 7) is 4.69. The van der Waals surface area contributed by atoms with Crippen molar-refractivity contribution in [1.82, 2.24) is 0 Å². The molecule has 0 radical (unpaired) electrons. The first-order valence-corrected chi connectivity index (χ1v) is 6.32. The summed E-state index contributed by atoms with van der Waals surface area (Å²) in [4.78, 5) is 0. The fourth-order valence-electron chi connectivity index (χ4n) is 1.32. The molecule has 0 saturated heterocycles. The Balaban J connectivity index is 3.50. The maximum absolute atomic E-state index is 8.80. The van der Waals surface area contributed by atoms with Gasteiger partial charge in [-0.3, -0.25) is 0 Å². The van der Waals surface area contributed by atoms with E-state index in [2.05, 4.69) is 31.8 Å². The summed E-state index contributed by atoms with van der Waals surface area (Å²) in [6.07, 6.45) is 7.28. The second kappa shape index (κ2) is 12.1. The van der Waals surface area contributed by atoms with Crippen molar-refractivity contribution in [3.05, 3.63) is 0 Å². The Morgan fingerprint density at radius 2 is 1.81 bits per heavy atom. The van der Waals surface area contributed by atoms with Crippen molar-refractivity contribution >= 4 is 0 Å². The van der Waals surface area contributed by atoms with E-state index >= 15 is 0 Å². The average molecular weight is 221 g/mol. The molecule has 0 heterocycles. The van der Waals surface area contributed by atoms with E-state index in [1.54, 1.807) is 0 Å². The normalized spacial score (nSPS) is 11.3. The minimum absolute atomic E-state index is 0.273. The lowest BCUT2D eigenvalue weighted by molar-refractivity contribution is 0.110. The standard InChI is InChI=1S/C14H23NO/c1-3-5-7-8-9-10-12-16-14(13-15)11-6-4-2/h14H,3-8,11-12H2,1-2H3. The molecule has 0 aromatic rings. The molecule has 0 spiro atoms. The highest BCUT2D eigenvalue weighted by molar-refractivity contribution is 4.99. The van der Waals surface area contributed by atoms with Crippen molar-refractivity contribution in [2.75, 3.05) is 6.61 Å². The van der Waals surface area contributed by atoms with Gasteiger partial charge in [-0.2, -0.15) is 5.26 Å².